The van der Waals surface area contributed by atoms with Crippen molar-refractivity contribution in [3.8, 4) is 22.3 Å². The van der Waals surface area contributed by atoms with E-state index >= 15 is 0 Å². The van der Waals surface area contributed by atoms with Crippen LogP contribution in [0.1, 0.15) is 0 Å². The lowest BCUT2D eigenvalue weighted by molar-refractivity contribution is 0.670. The number of furan rings is 1. The zero-order chi connectivity index (χ0) is 26.2. The number of H-pyrrole nitrogens is 1. The van der Waals surface area contributed by atoms with Crippen molar-refractivity contribution in [3.63, 3.8) is 0 Å². The molecule has 2 aromatic heterocycles. The predicted molar refractivity (Wildman–Crippen MR) is 169 cm³/mol. The van der Waals surface area contributed by atoms with E-state index in [0.717, 1.165) is 27.5 Å². The van der Waals surface area contributed by atoms with Gasteiger partial charge in [0.2, 0.25) is 0 Å². The van der Waals surface area contributed by atoms with Crippen LogP contribution in [-0.4, -0.2) is 4.98 Å². The number of fused-ring (bicyclic) bond motifs is 9. The third-order valence-electron chi connectivity index (χ3n) is 8.43. The maximum atomic E-state index is 6.42. The van der Waals surface area contributed by atoms with Crippen molar-refractivity contribution in [1.29, 1.82) is 0 Å². The van der Waals surface area contributed by atoms with E-state index in [2.05, 4.69) is 126 Å². The van der Waals surface area contributed by atoms with Gasteiger partial charge in [-0.1, -0.05) is 121 Å². The Bertz CT molecular complexity index is 2440. The summed E-state index contributed by atoms with van der Waals surface area (Å²) in [5.74, 6) is 0. The fourth-order valence-electron chi connectivity index (χ4n) is 6.66. The molecule has 0 aliphatic heterocycles. The molecule has 0 amide bonds. The minimum atomic E-state index is 0.920. The summed E-state index contributed by atoms with van der Waals surface area (Å²) >= 11 is 0. The van der Waals surface area contributed by atoms with Gasteiger partial charge >= 0.3 is 0 Å². The summed E-state index contributed by atoms with van der Waals surface area (Å²) in [6.45, 7) is 0. The molecule has 0 bridgehead atoms. The van der Waals surface area contributed by atoms with Crippen LogP contribution >= 0.6 is 0 Å². The zero-order valence-corrected chi connectivity index (χ0v) is 21.6. The molecule has 9 aromatic rings. The lowest BCUT2D eigenvalue weighted by Crippen LogP contribution is -1.87. The number of benzene rings is 7. The van der Waals surface area contributed by atoms with Crippen LogP contribution in [0, 0.1) is 0 Å². The Labute approximate surface area is 230 Å². The first kappa shape index (κ1) is 21.6. The van der Waals surface area contributed by atoms with Gasteiger partial charge < -0.3 is 9.40 Å². The van der Waals surface area contributed by atoms with E-state index in [1.807, 2.05) is 12.1 Å². The third-order valence-corrected chi connectivity index (χ3v) is 8.43. The molecule has 0 aliphatic rings. The third kappa shape index (κ3) is 2.93. The van der Waals surface area contributed by atoms with Gasteiger partial charge in [0, 0.05) is 38.2 Å². The SMILES string of the molecule is c1ccc2c(c1)ccc1[nH]c3c(-c4cccc5c(-c6cccc7c6oc6ccccc67)cccc45)cccc3c12. The monoisotopic (exact) mass is 509 g/mol. The summed E-state index contributed by atoms with van der Waals surface area (Å²) < 4.78 is 6.42. The number of rotatable bonds is 2. The lowest BCUT2D eigenvalue weighted by Gasteiger charge is -2.12. The van der Waals surface area contributed by atoms with E-state index in [0.29, 0.717) is 0 Å². The highest BCUT2D eigenvalue weighted by Gasteiger charge is 2.17. The second kappa shape index (κ2) is 8.08. The molecule has 2 nitrogen and oxygen atoms in total. The molecule has 2 heteroatoms. The van der Waals surface area contributed by atoms with Gasteiger partial charge in [-0.3, -0.25) is 0 Å². The Hall–Kier alpha value is -5.34. The normalized spacial score (nSPS) is 12.0. The Kier molecular flexibility index (Phi) is 4.36. The summed E-state index contributed by atoms with van der Waals surface area (Å²) in [6.07, 6.45) is 0. The largest absolute Gasteiger partial charge is 0.455 e. The number of para-hydroxylation sites is 3. The van der Waals surface area contributed by atoms with E-state index in [9.17, 15) is 0 Å². The predicted octanol–water partition coefficient (Wildman–Crippen LogP) is 10.9. The Balaban J connectivity index is 1.32. The van der Waals surface area contributed by atoms with E-state index in [1.54, 1.807) is 0 Å². The second-order valence-electron chi connectivity index (χ2n) is 10.5. The molecule has 1 N–H and O–H groups in total. The van der Waals surface area contributed by atoms with Crippen molar-refractivity contribution in [2.45, 2.75) is 0 Å². The molecule has 9 rings (SSSR count). The van der Waals surface area contributed by atoms with Gasteiger partial charge in [-0.2, -0.15) is 0 Å². The number of aromatic nitrogens is 1. The van der Waals surface area contributed by atoms with Crippen molar-refractivity contribution >= 4 is 65.3 Å². The molecule has 0 spiro atoms. The molecule has 0 aliphatic carbocycles. The van der Waals surface area contributed by atoms with Crippen molar-refractivity contribution < 1.29 is 4.42 Å². The fourth-order valence-corrected chi connectivity index (χ4v) is 6.66. The summed E-state index contributed by atoms with van der Waals surface area (Å²) in [5.41, 5.74) is 8.92. The van der Waals surface area contributed by atoms with Crippen LogP contribution in [-0.2, 0) is 0 Å². The molecular weight excluding hydrogens is 486 g/mol. The summed E-state index contributed by atoms with van der Waals surface area (Å²) in [6, 6.07) is 47.7. The molecule has 0 unspecified atom stereocenters. The molecule has 0 saturated heterocycles. The smallest absolute Gasteiger partial charge is 0.143 e. The molecule has 0 saturated carbocycles. The number of hydrogen-bond acceptors (Lipinski definition) is 1. The van der Waals surface area contributed by atoms with Crippen molar-refractivity contribution in [2.24, 2.45) is 0 Å². The summed E-state index contributed by atoms with van der Waals surface area (Å²) in [7, 11) is 0. The second-order valence-corrected chi connectivity index (χ2v) is 10.5. The van der Waals surface area contributed by atoms with Gasteiger partial charge in [-0.25, -0.2) is 0 Å². The highest BCUT2D eigenvalue weighted by atomic mass is 16.3. The van der Waals surface area contributed by atoms with Crippen LogP contribution in [0.25, 0.3) is 87.5 Å². The van der Waals surface area contributed by atoms with E-state index in [1.165, 1.54) is 60.0 Å². The zero-order valence-electron chi connectivity index (χ0n) is 21.6. The van der Waals surface area contributed by atoms with Gasteiger partial charge in [-0.15, -0.1) is 0 Å². The van der Waals surface area contributed by atoms with E-state index in [4.69, 9.17) is 4.42 Å². The highest BCUT2D eigenvalue weighted by molar-refractivity contribution is 6.23. The van der Waals surface area contributed by atoms with Crippen molar-refractivity contribution in [1.82, 2.24) is 4.98 Å². The molecule has 0 radical (unpaired) electrons. The molecule has 2 heterocycles. The van der Waals surface area contributed by atoms with E-state index < -0.39 is 0 Å². The van der Waals surface area contributed by atoms with Gasteiger partial charge in [0.05, 0.1) is 5.52 Å². The average Bonchev–Trinajstić information content (AvgIpc) is 3.59. The average molecular weight is 510 g/mol. The maximum absolute atomic E-state index is 6.42. The first-order valence-electron chi connectivity index (χ1n) is 13.7. The Morgan fingerprint density at radius 3 is 1.82 bits per heavy atom. The topological polar surface area (TPSA) is 28.9 Å². The Morgan fingerprint density at radius 2 is 1.00 bits per heavy atom. The number of nitrogens with one attached hydrogen (secondary N) is 1. The first-order chi connectivity index (χ1) is 19.8. The Morgan fingerprint density at radius 1 is 0.400 bits per heavy atom. The van der Waals surface area contributed by atoms with E-state index in [-0.39, 0.29) is 0 Å². The minimum absolute atomic E-state index is 0.920. The molecular formula is C38H23NO. The molecule has 0 atom stereocenters. The summed E-state index contributed by atoms with van der Waals surface area (Å²) in [5, 5.41) is 9.82. The molecule has 0 fully saturated rings. The van der Waals surface area contributed by atoms with Gasteiger partial charge in [0.1, 0.15) is 11.2 Å². The molecule has 186 valence electrons. The highest BCUT2D eigenvalue weighted by Crippen LogP contribution is 2.42. The van der Waals surface area contributed by atoms with Crippen LogP contribution in [0.4, 0.5) is 0 Å². The van der Waals surface area contributed by atoms with Crippen molar-refractivity contribution in [2.75, 3.05) is 0 Å². The quantitative estimate of drug-likeness (QED) is 0.247. The molecule has 7 aromatic carbocycles. The van der Waals surface area contributed by atoms with Gasteiger partial charge in [-0.05, 0) is 44.8 Å². The summed E-state index contributed by atoms with van der Waals surface area (Å²) in [4.78, 5) is 3.77. The van der Waals surface area contributed by atoms with Crippen LogP contribution in [0.3, 0.4) is 0 Å². The maximum Gasteiger partial charge on any atom is 0.143 e. The first-order valence-corrected chi connectivity index (χ1v) is 13.7. The number of hydrogen-bond donors (Lipinski definition) is 1. The van der Waals surface area contributed by atoms with Gasteiger partial charge in [0.25, 0.3) is 0 Å². The minimum Gasteiger partial charge on any atom is -0.455 e. The van der Waals surface area contributed by atoms with Crippen molar-refractivity contribution in [3.05, 3.63) is 133 Å². The number of aromatic amines is 1. The lowest BCUT2D eigenvalue weighted by atomic mass is 9.91. The van der Waals surface area contributed by atoms with Crippen LogP contribution in [0.15, 0.2) is 138 Å². The fraction of sp³-hybridized carbons (Fsp3) is 0. The van der Waals surface area contributed by atoms with Crippen LogP contribution < -0.4 is 0 Å². The standard InChI is InChI=1S/C38H23NO/c1-2-10-24-23(9-1)21-22-34-36(24)33-19-7-16-30(37(33)39-34)27-14-5-13-26-25(27)12-6-15-28(26)31-17-8-18-32-29-11-3-4-20-35(29)40-38(31)32/h1-22,39H. The van der Waals surface area contributed by atoms with Crippen LogP contribution in [0.5, 0.6) is 0 Å². The van der Waals surface area contributed by atoms with Crippen LogP contribution in [0.2, 0.25) is 0 Å². The molecule has 40 heavy (non-hydrogen) atoms. The van der Waals surface area contributed by atoms with Gasteiger partial charge in [0.15, 0.2) is 0 Å².